The summed E-state index contributed by atoms with van der Waals surface area (Å²) in [4.78, 5) is 45.8. The van der Waals surface area contributed by atoms with Crippen molar-refractivity contribution in [3.63, 3.8) is 0 Å². The van der Waals surface area contributed by atoms with E-state index in [4.69, 9.17) is 0 Å². The lowest BCUT2D eigenvalue weighted by atomic mass is 10.0. The second kappa shape index (κ2) is 11.8. The minimum absolute atomic E-state index is 0.0101. The van der Waals surface area contributed by atoms with Crippen molar-refractivity contribution in [3.05, 3.63) is 65.5 Å². The first-order valence-corrected chi connectivity index (χ1v) is 12.6. The van der Waals surface area contributed by atoms with E-state index in [0.29, 0.717) is 49.7 Å². The molecule has 3 amide bonds. The lowest BCUT2D eigenvalue weighted by Gasteiger charge is -2.28. The molecule has 0 saturated carbocycles. The van der Waals surface area contributed by atoms with Crippen molar-refractivity contribution in [2.45, 2.75) is 58.7 Å². The number of aromatic nitrogens is 5. The number of aryl methyl sites for hydroxylation is 1. The lowest BCUT2D eigenvalue weighted by molar-refractivity contribution is -0.129. The van der Waals surface area contributed by atoms with Gasteiger partial charge in [-0.3, -0.25) is 19.5 Å². The van der Waals surface area contributed by atoms with Gasteiger partial charge in [0.15, 0.2) is 0 Å². The van der Waals surface area contributed by atoms with Crippen LogP contribution in [0.25, 0.3) is 0 Å². The largest absolute Gasteiger partial charge is 0.344 e. The van der Waals surface area contributed by atoms with E-state index in [-0.39, 0.29) is 30.1 Å². The monoisotopic (exact) mass is 506 g/mol. The topological polar surface area (TPSA) is 138 Å². The van der Waals surface area contributed by atoms with Crippen molar-refractivity contribution < 1.29 is 14.4 Å². The van der Waals surface area contributed by atoms with Crippen molar-refractivity contribution in [1.82, 2.24) is 40.5 Å². The number of nitrogens with one attached hydrogen (secondary N) is 3. The highest BCUT2D eigenvalue weighted by molar-refractivity contribution is 5.93. The number of benzene rings is 1. The number of carbonyl (C=O) groups is 3. The Morgan fingerprint density at radius 3 is 2.59 bits per heavy atom. The van der Waals surface area contributed by atoms with Gasteiger partial charge in [0.1, 0.15) is 17.7 Å². The van der Waals surface area contributed by atoms with Gasteiger partial charge in [0, 0.05) is 32.1 Å². The number of H-pyrrole nitrogens is 1. The number of rotatable bonds is 4. The minimum atomic E-state index is -0.750. The van der Waals surface area contributed by atoms with Crippen LogP contribution in [0.15, 0.2) is 42.7 Å². The average Bonchev–Trinajstić information content (AvgIpc) is 3.53. The molecule has 0 saturated heterocycles. The molecule has 0 bridgehead atoms. The van der Waals surface area contributed by atoms with Gasteiger partial charge in [-0.05, 0) is 24.8 Å². The maximum absolute atomic E-state index is 13.5. The Morgan fingerprint density at radius 2 is 1.89 bits per heavy atom. The van der Waals surface area contributed by atoms with Gasteiger partial charge in [0.25, 0.3) is 5.91 Å². The standard InChI is InChI=1S/C26H34N8O3/c1-17(2)23-24-29-18(3)32-34(24)13-12-33(26(37)20-15-27-28-16-20)11-7-10-22(35)30-21(25(36)31-23)14-19-8-5-4-6-9-19/h4-6,8-9,15-17,21,23H,7,10-14H2,1-3H3,(H,27,28)(H,30,35)(H,31,36)/t21-,23+/m0/s1. The molecule has 3 N–H and O–H groups in total. The van der Waals surface area contributed by atoms with E-state index in [1.165, 1.54) is 6.20 Å². The van der Waals surface area contributed by atoms with Crippen molar-refractivity contribution in [2.75, 3.05) is 13.1 Å². The predicted octanol–water partition coefficient (Wildman–Crippen LogP) is 1.79. The summed E-state index contributed by atoms with van der Waals surface area (Å²) >= 11 is 0. The summed E-state index contributed by atoms with van der Waals surface area (Å²) < 4.78 is 1.77. The summed E-state index contributed by atoms with van der Waals surface area (Å²) in [6.45, 7) is 6.96. The van der Waals surface area contributed by atoms with Crippen LogP contribution in [0, 0.1) is 12.8 Å². The zero-order valence-corrected chi connectivity index (χ0v) is 21.5. The molecule has 3 heterocycles. The fraction of sp³-hybridized carbons (Fsp3) is 0.462. The Labute approximate surface area is 216 Å². The first-order chi connectivity index (χ1) is 17.8. The fourth-order valence-corrected chi connectivity index (χ4v) is 4.49. The first kappa shape index (κ1) is 26.1. The molecule has 2 aromatic heterocycles. The third kappa shape index (κ3) is 6.60. The molecule has 11 heteroatoms. The van der Waals surface area contributed by atoms with Gasteiger partial charge in [0.2, 0.25) is 11.8 Å². The van der Waals surface area contributed by atoms with E-state index in [9.17, 15) is 14.4 Å². The second-order valence-corrected chi connectivity index (χ2v) is 9.66. The zero-order valence-electron chi connectivity index (χ0n) is 21.5. The maximum atomic E-state index is 13.5. The molecule has 196 valence electrons. The molecular formula is C26H34N8O3. The summed E-state index contributed by atoms with van der Waals surface area (Å²) in [5.41, 5.74) is 1.40. The molecule has 1 aliphatic rings. The molecule has 2 atom stereocenters. The predicted molar refractivity (Wildman–Crippen MR) is 136 cm³/mol. The molecule has 0 aliphatic carbocycles. The van der Waals surface area contributed by atoms with Crippen molar-refractivity contribution in [1.29, 1.82) is 0 Å². The number of hydrogen-bond acceptors (Lipinski definition) is 6. The highest BCUT2D eigenvalue weighted by Gasteiger charge is 2.30. The van der Waals surface area contributed by atoms with Gasteiger partial charge in [-0.2, -0.15) is 10.2 Å². The molecule has 4 rings (SSSR count). The molecule has 1 aromatic carbocycles. The summed E-state index contributed by atoms with van der Waals surface area (Å²) in [7, 11) is 0. The van der Waals surface area contributed by atoms with Crippen molar-refractivity contribution in [3.8, 4) is 0 Å². The Hall–Kier alpha value is -4.02. The van der Waals surface area contributed by atoms with E-state index in [0.717, 1.165) is 5.56 Å². The van der Waals surface area contributed by atoms with Crippen LogP contribution in [-0.2, 0) is 22.6 Å². The van der Waals surface area contributed by atoms with Gasteiger partial charge < -0.3 is 15.5 Å². The van der Waals surface area contributed by atoms with Gasteiger partial charge in [-0.15, -0.1) is 0 Å². The van der Waals surface area contributed by atoms with Crippen LogP contribution in [0.2, 0.25) is 0 Å². The summed E-state index contributed by atoms with van der Waals surface area (Å²) in [6.07, 6.45) is 4.05. The average molecular weight is 507 g/mol. The van der Waals surface area contributed by atoms with Gasteiger partial charge in [-0.1, -0.05) is 44.2 Å². The van der Waals surface area contributed by atoms with Crippen LogP contribution in [0.1, 0.15) is 60.3 Å². The van der Waals surface area contributed by atoms with E-state index >= 15 is 0 Å². The minimum Gasteiger partial charge on any atom is -0.344 e. The fourth-order valence-electron chi connectivity index (χ4n) is 4.49. The molecule has 1 aliphatic heterocycles. The first-order valence-electron chi connectivity index (χ1n) is 12.6. The molecular weight excluding hydrogens is 472 g/mol. The van der Waals surface area contributed by atoms with Crippen molar-refractivity contribution in [2.24, 2.45) is 5.92 Å². The number of aromatic amines is 1. The van der Waals surface area contributed by atoms with Crippen LogP contribution < -0.4 is 10.6 Å². The molecule has 0 fully saturated rings. The SMILES string of the molecule is Cc1nc2n(n1)CCN(C(=O)c1cn[nH]c1)CCCC(=O)N[C@@H](Cc1ccccc1)C(=O)N[C@@H]2C(C)C. The van der Waals surface area contributed by atoms with Crippen LogP contribution in [0.5, 0.6) is 0 Å². The summed E-state index contributed by atoms with van der Waals surface area (Å²) in [5, 5.41) is 17.2. The summed E-state index contributed by atoms with van der Waals surface area (Å²) in [6, 6.07) is 8.42. The molecule has 3 aromatic rings. The Morgan fingerprint density at radius 1 is 1.11 bits per heavy atom. The molecule has 0 unspecified atom stereocenters. The number of carbonyl (C=O) groups excluding carboxylic acids is 3. The number of hydrogen-bond donors (Lipinski definition) is 3. The Balaban J connectivity index is 1.65. The number of amides is 3. The second-order valence-electron chi connectivity index (χ2n) is 9.66. The maximum Gasteiger partial charge on any atom is 0.257 e. The Kier molecular flexibility index (Phi) is 8.32. The van der Waals surface area contributed by atoms with Gasteiger partial charge in [0.05, 0.1) is 24.3 Å². The number of fused-ring (bicyclic) bond motifs is 1. The van der Waals surface area contributed by atoms with E-state index in [2.05, 4.69) is 30.9 Å². The molecule has 37 heavy (non-hydrogen) atoms. The van der Waals surface area contributed by atoms with E-state index in [1.807, 2.05) is 44.2 Å². The normalized spacial score (nSPS) is 19.6. The third-order valence-electron chi connectivity index (χ3n) is 6.43. The molecule has 11 nitrogen and oxygen atoms in total. The van der Waals surface area contributed by atoms with Crippen LogP contribution in [0.4, 0.5) is 0 Å². The quantitative estimate of drug-likeness (QED) is 0.493. The highest BCUT2D eigenvalue weighted by atomic mass is 16.2. The van der Waals surface area contributed by atoms with Crippen molar-refractivity contribution >= 4 is 17.7 Å². The summed E-state index contributed by atoms with van der Waals surface area (Å²) in [5.74, 6) is 0.548. The molecule has 0 radical (unpaired) electrons. The van der Waals surface area contributed by atoms with Crippen LogP contribution in [0.3, 0.4) is 0 Å². The van der Waals surface area contributed by atoms with E-state index < -0.39 is 12.1 Å². The van der Waals surface area contributed by atoms with E-state index in [1.54, 1.807) is 22.7 Å². The molecule has 0 spiro atoms. The zero-order chi connectivity index (χ0) is 26.4. The smallest absolute Gasteiger partial charge is 0.257 e. The van der Waals surface area contributed by atoms with Gasteiger partial charge >= 0.3 is 0 Å². The Bertz CT molecular complexity index is 1210. The van der Waals surface area contributed by atoms with Crippen LogP contribution >= 0.6 is 0 Å². The third-order valence-corrected chi connectivity index (χ3v) is 6.43. The number of nitrogens with zero attached hydrogens (tertiary/aromatic N) is 5. The lowest BCUT2D eigenvalue weighted by Crippen LogP contribution is -2.50. The highest BCUT2D eigenvalue weighted by Crippen LogP contribution is 2.21. The van der Waals surface area contributed by atoms with Gasteiger partial charge in [-0.25, -0.2) is 9.67 Å². The van der Waals surface area contributed by atoms with Crippen LogP contribution in [-0.4, -0.2) is 66.7 Å².